The molecule has 3 rings (SSSR count). The van der Waals surface area contributed by atoms with Gasteiger partial charge in [-0.25, -0.2) is 4.79 Å². The van der Waals surface area contributed by atoms with E-state index in [1.54, 1.807) is 41.2 Å². The number of nitrogens with one attached hydrogen (secondary N) is 1. The lowest BCUT2D eigenvalue weighted by Crippen LogP contribution is -2.34. The van der Waals surface area contributed by atoms with Crippen LogP contribution in [0.3, 0.4) is 0 Å². The Morgan fingerprint density at radius 3 is 2.25 bits per heavy atom. The molecule has 0 spiro atoms. The van der Waals surface area contributed by atoms with E-state index in [9.17, 15) is 9.59 Å². The summed E-state index contributed by atoms with van der Waals surface area (Å²) in [6.45, 7) is 5.04. The van der Waals surface area contributed by atoms with Gasteiger partial charge in [0.25, 0.3) is 5.91 Å². The molecule has 1 N–H and O–H groups in total. The molecular weight excluding hydrogens is 354 g/mol. The Morgan fingerprint density at radius 2 is 1.68 bits per heavy atom. The van der Waals surface area contributed by atoms with Crippen LogP contribution in [0.25, 0.3) is 0 Å². The zero-order valence-electron chi connectivity index (χ0n) is 16.5. The molecule has 2 aromatic rings. The van der Waals surface area contributed by atoms with Gasteiger partial charge in [-0.2, -0.15) is 0 Å². The SMILES string of the molecule is CCCN(CCOC)C(=O)c1ccc(NC(=O)N2Cc3ccccc3C2)cc1. The summed E-state index contributed by atoms with van der Waals surface area (Å²) in [7, 11) is 1.63. The van der Waals surface area contributed by atoms with Gasteiger partial charge < -0.3 is 19.9 Å². The van der Waals surface area contributed by atoms with Crippen LogP contribution in [0.5, 0.6) is 0 Å². The Kier molecular flexibility index (Phi) is 6.66. The van der Waals surface area contributed by atoms with Crippen molar-refractivity contribution < 1.29 is 14.3 Å². The molecule has 3 amide bonds. The first kappa shape index (κ1) is 19.9. The molecule has 0 fully saturated rings. The molecule has 2 aromatic carbocycles. The maximum absolute atomic E-state index is 12.7. The molecule has 148 valence electrons. The van der Waals surface area contributed by atoms with Crippen molar-refractivity contribution in [2.45, 2.75) is 26.4 Å². The van der Waals surface area contributed by atoms with Gasteiger partial charge in [-0.05, 0) is 41.8 Å². The Bertz CT molecular complexity index is 795. The zero-order chi connectivity index (χ0) is 19.9. The molecule has 1 aliphatic heterocycles. The molecule has 1 aliphatic rings. The highest BCUT2D eigenvalue weighted by Crippen LogP contribution is 2.23. The second-order valence-corrected chi connectivity index (χ2v) is 6.92. The van der Waals surface area contributed by atoms with Gasteiger partial charge in [0.1, 0.15) is 0 Å². The summed E-state index contributed by atoms with van der Waals surface area (Å²) in [6.07, 6.45) is 0.891. The van der Waals surface area contributed by atoms with Gasteiger partial charge in [-0.3, -0.25) is 4.79 Å². The molecule has 0 bridgehead atoms. The number of carbonyl (C=O) groups excluding carboxylic acids is 2. The van der Waals surface area contributed by atoms with Gasteiger partial charge in [0, 0.05) is 44.5 Å². The highest BCUT2D eigenvalue weighted by Gasteiger charge is 2.23. The molecule has 28 heavy (non-hydrogen) atoms. The second kappa shape index (κ2) is 9.37. The van der Waals surface area contributed by atoms with Crippen LogP contribution in [-0.4, -0.2) is 48.5 Å². The number of fused-ring (bicyclic) bond motifs is 1. The first-order valence-electron chi connectivity index (χ1n) is 9.63. The fraction of sp³-hybridized carbons (Fsp3) is 0.364. The van der Waals surface area contributed by atoms with Crippen LogP contribution in [-0.2, 0) is 17.8 Å². The van der Waals surface area contributed by atoms with Crippen LogP contribution >= 0.6 is 0 Å². The quantitative estimate of drug-likeness (QED) is 0.795. The van der Waals surface area contributed by atoms with Crippen molar-refractivity contribution in [3.63, 3.8) is 0 Å². The number of urea groups is 1. The summed E-state index contributed by atoms with van der Waals surface area (Å²) in [4.78, 5) is 28.8. The summed E-state index contributed by atoms with van der Waals surface area (Å²) < 4.78 is 5.09. The first-order valence-corrected chi connectivity index (χ1v) is 9.63. The predicted octanol–water partition coefficient (Wildman–Crippen LogP) is 3.73. The zero-order valence-corrected chi connectivity index (χ0v) is 16.5. The topological polar surface area (TPSA) is 61.9 Å². The van der Waals surface area contributed by atoms with E-state index in [-0.39, 0.29) is 11.9 Å². The fourth-order valence-electron chi connectivity index (χ4n) is 3.34. The van der Waals surface area contributed by atoms with E-state index >= 15 is 0 Å². The number of methoxy groups -OCH3 is 1. The van der Waals surface area contributed by atoms with Gasteiger partial charge in [-0.15, -0.1) is 0 Å². The minimum Gasteiger partial charge on any atom is -0.383 e. The summed E-state index contributed by atoms with van der Waals surface area (Å²) in [5.41, 5.74) is 3.66. The smallest absolute Gasteiger partial charge is 0.322 e. The number of amides is 3. The molecule has 0 saturated heterocycles. The molecule has 0 saturated carbocycles. The molecule has 6 heteroatoms. The summed E-state index contributed by atoms with van der Waals surface area (Å²) in [6, 6.07) is 15.0. The second-order valence-electron chi connectivity index (χ2n) is 6.92. The monoisotopic (exact) mass is 381 g/mol. The minimum atomic E-state index is -0.136. The number of ether oxygens (including phenoxy) is 1. The van der Waals surface area contributed by atoms with Crippen molar-refractivity contribution in [1.82, 2.24) is 9.80 Å². The van der Waals surface area contributed by atoms with Crippen LogP contribution in [0.2, 0.25) is 0 Å². The molecule has 1 heterocycles. The van der Waals surface area contributed by atoms with E-state index in [0.717, 1.165) is 6.42 Å². The highest BCUT2D eigenvalue weighted by molar-refractivity contribution is 5.95. The van der Waals surface area contributed by atoms with Crippen LogP contribution in [0.1, 0.15) is 34.8 Å². The van der Waals surface area contributed by atoms with Gasteiger partial charge in [0.05, 0.1) is 6.61 Å². The standard InChI is InChI=1S/C22H27N3O3/c1-3-12-24(13-14-28-2)21(26)17-8-10-20(11-9-17)23-22(27)25-15-18-6-4-5-7-19(18)16-25/h4-11H,3,12-16H2,1-2H3,(H,23,27). The van der Waals surface area contributed by atoms with Crippen molar-refractivity contribution >= 4 is 17.6 Å². The number of hydrogen-bond acceptors (Lipinski definition) is 3. The number of rotatable bonds is 7. The van der Waals surface area contributed by atoms with Crippen molar-refractivity contribution in [1.29, 1.82) is 0 Å². The Balaban J connectivity index is 1.59. The third-order valence-electron chi connectivity index (χ3n) is 4.86. The summed E-state index contributed by atoms with van der Waals surface area (Å²) in [5.74, 6) is -0.0215. The van der Waals surface area contributed by atoms with Crippen molar-refractivity contribution in [2.75, 3.05) is 32.1 Å². The van der Waals surface area contributed by atoms with E-state index in [4.69, 9.17) is 4.74 Å². The molecular formula is C22H27N3O3. The molecule has 0 unspecified atom stereocenters. The summed E-state index contributed by atoms with van der Waals surface area (Å²) >= 11 is 0. The normalized spacial score (nSPS) is 12.6. The average Bonchev–Trinajstić information content (AvgIpc) is 3.16. The van der Waals surface area contributed by atoms with Crippen molar-refractivity contribution in [2.24, 2.45) is 0 Å². The van der Waals surface area contributed by atoms with E-state index in [2.05, 4.69) is 17.4 Å². The lowest BCUT2D eigenvalue weighted by atomic mass is 10.1. The van der Waals surface area contributed by atoms with Gasteiger partial charge in [0.15, 0.2) is 0 Å². The number of benzene rings is 2. The molecule has 6 nitrogen and oxygen atoms in total. The van der Waals surface area contributed by atoms with E-state index in [1.807, 2.05) is 19.1 Å². The largest absolute Gasteiger partial charge is 0.383 e. The Morgan fingerprint density at radius 1 is 1.04 bits per heavy atom. The van der Waals surface area contributed by atoms with E-state index in [1.165, 1.54) is 11.1 Å². The van der Waals surface area contributed by atoms with Crippen molar-refractivity contribution in [3.8, 4) is 0 Å². The number of carbonyl (C=O) groups is 2. The van der Waals surface area contributed by atoms with E-state index in [0.29, 0.717) is 44.0 Å². The maximum atomic E-state index is 12.7. The molecule has 0 aliphatic carbocycles. The summed E-state index contributed by atoms with van der Waals surface area (Å²) in [5, 5.41) is 2.92. The van der Waals surface area contributed by atoms with Crippen LogP contribution in [0.15, 0.2) is 48.5 Å². The third kappa shape index (κ3) is 4.70. The third-order valence-corrected chi connectivity index (χ3v) is 4.86. The molecule has 0 aromatic heterocycles. The molecule has 0 radical (unpaired) electrons. The van der Waals surface area contributed by atoms with E-state index < -0.39 is 0 Å². The lowest BCUT2D eigenvalue weighted by Gasteiger charge is -2.22. The average molecular weight is 381 g/mol. The molecule has 0 atom stereocenters. The van der Waals surface area contributed by atoms with Gasteiger partial charge in [0.2, 0.25) is 0 Å². The van der Waals surface area contributed by atoms with Crippen LogP contribution in [0.4, 0.5) is 10.5 Å². The Hall–Kier alpha value is -2.86. The van der Waals surface area contributed by atoms with Gasteiger partial charge >= 0.3 is 6.03 Å². The highest BCUT2D eigenvalue weighted by atomic mass is 16.5. The van der Waals surface area contributed by atoms with Crippen LogP contribution < -0.4 is 5.32 Å². The van der Waals surface area contributed by atoms with Crippen LogP contribution in [0, 0.1) is 0 Å². The number of nitrogens with zero attached hydrogens (tertiary/aromatic N) is 2. The Labute approximate surface area is 166 Å². The number of hydrogen-bond donors (Lipinski definition) is 1. The first-order chi connectivity index (χ1) is 13.6. The minimum absolute atomic E-state index is 0.0215. The van der Waals surface area contributed by atoms with Gasteiger partial charge in [-0.1, -0.05) is 31.2 Å². The number of anilines is 1. The predicted molar refractivity (Wildman–Crippen MR) is 109 cm³/mol. The fourth-order valence-corrected chi connectivity index (χ4v) is 3.34. The maximum Gasteiger partial charge on any atom is 0.322 e. The van der Waals surface area contributed by atoms with Crippen molar-refractivity contribution in [3.05, 3.63) is 65.2 Å². The lowest BCUT2D eigenvalue weighted by molar-refractivity contribution is 0.0695.